The Bertz CT molecular complexity index is 545. The zero-order chi connectivity index (χ0) is 13.6. The Morgan fingerprint density at radius 3 is 2.83 bits per heavy atom. The van der Waals surface area contributed by atoms with E-state index in [0.717, 1.165) is 11.3 Å². The molecule has 1 aromatic heterocycles. The number of thiazole rings is 1. The Hall–Kier alpha value is -1.19. The largest absolute Gasteiger partial charge is 0.469 e. The molecule has 2 N–H and O–H groups in total. The smallest absolute Gasteiger partial charge is 0.305 e. The standard InChI is InChI=1S/C9H14N2O5S2/c1-16-8(12)3-2-4-18(14,15)10-5-7-6-17-9(13)11-7/h6,10H,2-5H2,1H3,(H,11,13). The van der Waals surface area contributed by atoms with Crippen LogP contribution in [0.25, 0.3) is 0 Å². The fourth-order valence-corrected chi connectivity index (χ4v) is 2.79. The summed E-state index contributed by atoms with van der Waals surface area (Å²) in [5, 5.41) is 1.55. The van der Waals surface area contributed by atoms with Gasteiger partial charge in [0.05, 0.1) is 19.4 Å². The highest BCUT2D eigenvalue weighted by molar-refractivity contribution is 7.89. The fourth-order valence-electron chi connectivity index (χ4n) is 1.17. The number of hydrogen-bond donors (Lipinski definition) is 2. The predicted octanol–water partition coefficient (Wildman–Crippen LogP) is -0.191. The monoisotopic (exact) mass is 294 g/mol. The quantitative estimate of drug-likeness (QED) is 0.678. The van der Waals surface area contributed by atoms with Gasteiger partial charge in [0.25, 0.3) is 0 Å². The number of ether oxygens (including phenoxy) is 1. The van der Waals surface area contributed by atoms with E-state index in [2.05, 4.69) is 14.4 Å². The van der Waals surface area contributed by atoms with Crippen LogP contribution in [-0.4, -0.2) is 32.2 Å². The van der Waals surface area contributed by atoms with Gasteiger partial charge >= 0.3 is 10.8 Å². The maximum Gasteiger partial charge on any atom is 0.305 e. The van der Waals surface area contributed by atoms with Gasteiger partial charge in [0, 0.05) is 17.5 Å². The highest BCUT2D eigenvalue weighted by Gasteiger charge is 2.11. The number of rotatable bonds is 7. The zero-order valence-electron chi connectivity index (χ0n) is 9.76. The van der Waals surface area contributed by atoms with Crippen molar-refractivity contribution < 1.29 is 17.9 Å². The molecule has 0 amide bonds. The average molecular weight is 294 g/mol. The second kappa shape index (κ2) is 6.66. The van der Waals surface area contributed by atoms with E-state index in [0.29, 0.717) is 5.69 Å². The van der Waals surface area contributed by atoms with Crippen molar-refractivity contribution >= 4 is 27.3 Å². The van der Waals surface area contributed by atoms with E-state index in [4.69, 9.17) is 0 Å². The van der Waals surface area contributed by atoms with Crippen molar-refractivity contribution in [3.8, 4) is 0 Å². The number of aromatic amines is 1. The summed E-state index contributed by atoms with van der Waals surface area (Å²) >= 11 is 0.973. The Kier molecular flexibility index (Phi) is 5.51. The number of H-pyrrole nitrogens is 1. The maximum atomic E-state index is 11.5. The third kappa shape index (κ3) is 5.43. The number of esters is 1. The Morgan fingerprint density at radius 2 is 2.28 bits per heavy atom. The van der Waals surface area contributed by atoms with Crippen LogP contribution >= 0.6 is 11.3 Å². The van der Waals surface area contributed by atoms with Crippen molar-refractivity contribution in [2.45, 2.75) is 19.4 Å². The third-order valence-electron chi connectivity index (χ3n) is 2.08. The molecule has 102 valence electrons. The molecule has 0 spiro atoms. The normalized spacial score (nSPS) is 11.4. The maximum absolute atomic E-state index is 11.5. The minimum atomic E-state index is -3.45. The number of sulfonamides is 1. The van der Waals surface area contributed by atoms with Crippen LogP contribution in [0.15, 0.2) is 10.2 Å². The van der Waals surface area contributed by atoms with E-state index in [1.807, 2.05) is 0 Å². The van der Waals surface area contributed by atoms with E-state index < -0.39 is 16.0 Å². The molecule has 0 atom stereocenters. The van der Waals surface area contributed by atoms with Crippen molar-refractivity contribution in [1.82, 2.24) is 9.71 Å². The van der Waals surface area contributed by atoms with E-state index in [1.165, 1.54) is 7.11 Å². The van der Waals surface area contributed by atoms with Crippen LogP contribution in [0.5, 0.6) is 0 Å². The van der Waals surface area contributed by atoms with Gasteiger partial charge in [0.15, 0.2) is 0 Å². The lowest BCUT2D eigenvalue weighted by molar-refractivity contribution is -0.140. The fraction of sp³-hybridized carbons (Fsp3) is 0.556. The van der Waals surface area contributed by atoms with Crippen molar-refractivity contribution in [3.05, 3.63) is 20.7 Å². The molecule has 0 unspecified atom stereocenters. The van der Waals surface area contributed by atoms with Crippen LogP contribution in [0.2, 0.25) is 0 Å². The molecule has 9 heteroatoms. The van der Waals surface area contributed by atoms with Gasteiger partial charge in [-0.3, -0.25) is 9.59 Å². The minimum absolute atomic E-state index is 0.0410. The molecule has 0 fully saturated rings. The minimum Gasteiger partial charge on any atom is -0.469 e. The van der Waals surface area contributed by atoms with Gasteiger partial charge in [-0.2, -0.15) is 0 Å². The molecule has 0 aliphatic heterocycles. The van der Waals surface area contributed by atoms with Crippen LogP contribution in [0.4, 0.5) is 0 Å². The number of carbonyl (C=O) groups is 1. The molecule has 7 nitrogen and oxygen atoms in total. The van der Waals surface area contributed by atoms with Crippen molar-refractivity contribution in [1.29, 1.82) is 0 Å². The predicted molar refractivity (Wildman–Crippen MR) is 66.8 cm³/mol. The first-order chi connectivity index (χ1) is 8.43. The first kappa shape index (κ1) is 14.9. The average Bonchev–Trinajstić information content (AvgIpc) is 2.72. The summed E-state index contributed by atoms with van der Waals surface area (Å²) in [6, 6.07) is 0. The summed E-state index contributed by atoms with van der Waals surface area (Å²) in [5.74, 6) is -0.594. The van der Waals surface area contributed by atoms with Crippen molar-refractivity contribution in [3.63, 3.8) is 0 Å². The highest BCUT2D eigenvalue weighted by Crippen LogP contribution is 1.99. The number of hydrogen-bond acceptors (Lipinski definition) is 6. The van der Waals surface area contributed by atoms with E-state index in [1.54, 1.807) is 5.38 Å². The highest BCUT2D eigenvalue weighted by atomic mass is 32.2. The van der Waals surface area contributed by atoms with Crippen molar-refractivity contribution in [2.24, 2.45) is 0 Å². The summed E-state index contributed by atoms with van der Waals surface area (Å²) in [5.41, 5.74) is 0.515. The summed E-state index contributed by atoms with van der Waals surface area (Å²) in [7, 11) is -2.20. The number of methoxy groups -OCH3 is 1. The Balaban J connectivity index is 2.36. The summed E-state index contributed by atoms with van der Waals surface area (Å²) in [6.07, 6.45) is 0.259. The number of nitrogens with one attached hydrogen (secondary N) is 2. The van der Waals surface area contributed by atoms with Crippen LogP contribution in [-0.2, 0) is 26.1 Å². The van der Waals surface area contributed by atoms with Gasteiger partial charge in [-0.15, -0.1) is 0 Å². The molecule has 0 saturated carbocycles. The zero-order valence-corrected chi connectivity index (χ0v) is 11.4. The molecule has 0 aliphatic rings. The molecule has 18 heavy (non-hydrogen) atoms. The van der Waals surface area contributed by atoms with Crippen LogP contribution in [0.3, 0.4) is 0 Å². The van der Waals surface area contributed by atoms with E-state index in [9.17, 15) is 18.0 Å². The lowest BCUT2D eigenvalue weighted by Crippen LogP contribution is -2.26. The summed E-state index contributed by atoms with van der Waals surface area (Å²) in [4.78, 5) is 23.9. The molecule has 0 bridgehead atoms. The number of aromatic nitrogens is 1. The third-order valence-corrected chi connectivity index (χ3v) is 4.20. The molecule has 1 heterocycles. The van der Waals surface area contributed by atoms with Gasteiger partial charge in [0.1, 0.15) is 0 Å². The van der Waals surface area contributed by atoms with Crippen LogP contribution in [0.1, 0.15) is 18.5 Å². The van der Waals surface area contributed by atoms with Crippen LogP contribution in [0, 0.1) is 0 Å². The molecule has 0 radical (unpaired) electrons. The van der Waals surface area contributed by atoms with Gasteiger partial charge in [-0.25, -0.2) is 13.1 Å². The van der Waals surface area contributed by atoms with Gasteiger partial charge < -0.3 is 9.72 Å². The Labute approximate surface area is 108 Å². The van der Waals surface area contributed by atoms with Gasteiger partial charge in [0.2, 0.25) is 10.0 Å². The van der Waals surface area contributed by atoms with Crippen LogP contribution < -0.4 is 9.60 Å². The van der Waals surface area contributed by atoms with E-state index >= 15 is 0 Å². The molecular weight excluding hydrogens is 280 g/mol. The summed E-state index contributed by atoms with van der Waals surface area (Å²) < 4.78 is 29.8. The molecule has 1 rings (SSSR count). The van der Waals surface area contributed by atoms with Gasteiger partial charge in [-0.05, 0) is 6.42 Å². The molecule has 0 aromatic carbocycles. The molecule has 0 aliphatic carbocycles. The topological polar surface area (TPSA) is 105 Å². The molecule has 1 aromatic rings. The SMILES string of the molecule is COC(=O)CCCS(=O)(=O)NCc1csc(=O)[nH]1. The van der Waals surface area contributed by atoms with Gasteiger partial charge in [-0.1, -0.05) is 11.3 Å². The Morgan fingerprint density at radius 1 is 1.56 bits per heavy atom. The lowest BCUT2D eigenvalue weighted by atomic mass is 10.3. The summed E-state index contributed by atoms with van der Waals surface area (Å²) in [6.45, 7) is 0.0410. The lowest BCUT2D eigenvalue weighted by Gasteiger charge is -2.04. The first-order valence-corrected chi connectivity index (χ1v) is 7.67. The first-order valence-electron chi connectivity index (χ1n) is 5.14. The van der Waals surface area contributed by atoms with E-state index in [-0.39, 0.29) is 30.0 Å². The van der Waals surface area contributed by atoms with Crippen molar-refractivity contribution in [2.75, 3.05) is 12.9 Å². The second-order valence-corrected chi connectivity index (χ2v) is 6.26. The molecular formula is C9H14N2O5S2. The number of carbonyl (C=O) groups excluding carboxylic acids is 1. The second-order valence-electron chi connectivity index (χ2n) is 3.49. The molecule has 0 saturated heterocycles.